The van der Waals surface area contributed by atoms with Crippen LogP contribution in [0.3, 0.4) is 0 Å². The van der Waals surface area contributed by atoms with Gasteiger partial charge in [-0.2, -0.15) is 5.10 Å². The number of ketones is 1. The lowest BCUT2D eigenvalue weighted by atomic mass is 9.96. The summed E-state index contributed by atoms with van der Waals surface area (Å²) in [6, 6.07) is 22.5. The second kappa shape index (κ2) is 10.0. The number of hydrogen-bond acceptors (Lipinski definition) is 4. The minimum absolute atomic E-state index is 0.00524. The number of H-pyrrole nitrogens is 1. The van der Waals surface area contributed by atoms with E-state index >= 15 is 0 Å². The molecule has 0 spiro atoms. The summed E-state index contributed by atoms with van der Waals surface area (Å²) in [6.07, 6.45) is 6.29. The molecule has 36 heavy (non-hydrogen) atoms. The van der Waals surface area contributed by atoms with Crippen LogP contribution in [0.15, 0.2) is 91.4 Å². The monoisotopic (exact) mass is 477 g/mol. The second-order valence-corrected chi connectivity index (χ2v) is 8.84. The lowest BCUT2D eigenvalue weighted by Crippen LogP contribution is -2.30. The molecule has 5 aromatic rings. The van der Waals surface area contributed by atoms with Gasteiger partial charge >= 0.3 is 0 Å². The van der Waals surface area contributed by atoms with Gasteiger partial charge in [-0.05, 0) is 41.3 Å². The predicted octanol–water partition coefficient (Wildman–Crippen LogP) is 4.42. The van der Waals surface area contributed by atoms with Crippen LogP contribution in [0.5, 0.6) is 0 Å². The highest BCUT2D eigenvalue weighted by Gasteiger charge is 2.24. The molecule has 0 saturated heterocycles. The molecule has 7 heteroatoms. The standard InChI is InChI=1S/C29H27N5O2/c1-34-18-23(16-33-34)22-11-12-24-25(17-32-26(24)15-22)28(35)27(20-5-3-2-4-6-20)31-14-13-19-7-9-21(10-8-19)29(30)36/h2-12,15-18,27,31-32H,13-14H2,1H3,(H2,30,36). The number of primary amides is 1. The SMILES string of the molecule is Cn1cc(-c2ccc3c(C(=O)C(NCCc4ccc(C(N)=O)cc4)c4ccccc4)c[nH]c3c2)cn1. The number of hydrogen-bond donors (Lipinski definition) is 3. The van der Waals surface area contributed by atoms with Crippen LogP contribution in [0.1, 0.15) is 37.9 Å². The molecular formula is C29H27N5O2. The van der Waals surface area contributed by atoms with Gasteiger partial charge in [0.25, 0.3) is 0 Å². The Morgan fingerprint density at radius 3 is 2.50 bits per heavy atom. The molecule has 7 nitrogen and oxygen atoms in total. The highest BCUT2D eigenvalue weighted by molar-refractivity contribution is 6.11. The van der Waals surface area contributed by atoms with E-state index in [4.69, 9.17) is 5.73 Å². The first-order valence-electron chi connectivity index (χ1n) is 11.8. The van der Waals surface area contributed by atoms with E-state index in [1.807, 2.05) is 80.1 Å². The zero-order valence-electron chi connectivity index (χ0n) is 19.9. The minimum Gasteiger partial charge on any atom is -0.366 e. The van der Waals surface area contributed by atoms with E-state index in [-0.39, 0.29) is 5.78 Å². The van der Waals surface area contributed by atoms with Crippen molar-refractivity contribution in [2.75, 3.05) is 6.54 Å². The zero-order valence-corrected chi connectivity index (χ0v) is 19.9. The zero-order chi connectivity index (χ0) is 25.1. The van der Waals surface area contributed by atoms with Gasteiger partial charge in [0.05, 0.1) is 12.2 Å². The Hall–Kier alpha value is -4.49. The maximum atomic E-state index is 13.8. The van der Waals surface area contributed by atoms with Gasteiger partial charge in [-0.3, -0.25) is 14.3 Å². The van der Waals surface area contributed by atoms with E-state index in [0.717, 1.165) is 33.2 Å². The Morgan fingerprint density at radius 2 is 1.81 bits per heavy atom. The molecule has 3 aromatic carbocycles. The number of aromatic amines is 1. The molecule has 1 amide bonds. The summed E-state index contributed by atoms with van der Waals surface area (Å²) < 4.78 is 1.77. The van der Waals surface area contributed by atoms with Gasteiger partial charge in [0, 0.05) is 53.6 Å². The molecule has 0 aliphatic rings. The maximum absolute atomic E-state index is 13.8. The quantitative estimate of drug-likeness (QED) is 0.273. The van der Waals surface area contributed by atoms with Crippen molar-refractivity contribution in [1.29, 1.82) is 0 Å². The fourth-order valence-electron chi connectivity index (χ4n) is 4.44. The number of benzene rings is 3. The summed E-state index contributed by atoms with van der Waals surface area (Å²) in [5.41, 5.74) is 11.4. The van der Waals surface area contributed by atoms with E-state index in [9.17, 15) is 9.59 Å². The Kier molecular flexibility index (Phi) is 6.47. The molecule has 0 bridgehead atoms. The predicted molar refractivity (Wildman–Crippen MR) is 141 cm³/mol. The normalized spacial score (nSPS) is 12.0. The first-order valence-corrected chi connectivity index (χ1v) is 11.8. The number of aromatic nitrogens is 3. The number of Topliss-reactive ketones (excluding diaryl/α,β-unsaturated/α-hetero) is 1. The van der Waals surface area contributed by atoms with Crippen molar-refractivity contribution in [2.45, 2.75) is 12.5 Å². The van der Waals surface area contributed by atoms with Crippen LogP contribution in [-0.4, -0.2) is 33.0 Å². The molecule has 0 saturated carbocycles. The molecule has 2 heterocycles. The Bertz CT molecular complexity index is 1520. The molecule has 180 valence electrons. The molecule has 5 rings (SSSR count). The molecule has 1 atom stereocenters. The number of fused-ring (bicyclic) bond motifs is 1. The fraction of sp³-hybridized carbons (Fsp3) is 0.138. The Balaban J connectivity index is 1.37. The number of nitrogens with one attached hydrogen (secondary N) is 2. The third-order valence-corrected chi connectivity index (χ3v) is 6.38. The Labute approximate surface area is 209 Å². The molecule has 1 unspecified atom stereocenters. The highest BCUT2D eigenvalue weighted by atomic mass is 16.1. The first kappa shape index (κ1) is 23.3. The average molecular weight is 478 g/mol. The third kappa shape index (κ3) is 4.82. The lowest BCUT2D eigenvalue weighted by molar-refractivity contribution is 0.0943. The number of carbonyl (C=O) groups excluding carboxylic acids is 2. The van der Waals surface area contributed by atoms with Crippen molar-refractivity contribution >= 4 is 22.6 Å². The van der Waals surface area contributed by atoms with Gasteiger partial charge in [-0.1, -0.05) is 54.6 Å². The summed E-state index contributed by atoms with van der Waals surface area (Å²) in [5.74, 6) is -0.439. The number of carbonyl (C=O) groups is 2. The summed E-state index contributed by atoms with van der Waals surface area (Å²) >= 11 is 0. The van der Waals surface area contributed by atoms with Crippen LogP contribution in [0.25, 0.3) is 22.0 Å². The minimum atomic E-state index is -0.493. The van der Waals surface area contributed by atoms with Gasteiger partial charge in [0.2, 0.25) is 5.91 Å². The Morgan fingerprint density at radius 1 is 1.03 bits per heavy atom. The van der Waals surface area contributed by atoms with Gasteiger partial charge in [-0.25, -0.2) is 0 Å². The summed E-state index contributed by atoms with van der Waals surface area (Å²) in [5, 5.41) is 8.58. The molecule has 0 aliphatic carbocycles. The van der Waals surface area contributed by atoms with Crippen LogP contribution in [0, 0.1) is 0 Å². The first-order chi connectivity index (χ1) is 17.5. The highest BCUT2D eigenvalue weighted by Crippen LogP contribution is 2.28. The number of nitrogens with zero attached hydrogens (tertiary/aromatic N) is 2. The van der Waals surface area contributed by atoms with E-state index in [1.165, 1.54) is 0 Å². The van der Waals surface area contributed by atoms with Crippen molar-refractivity contribution in [3.8, 4) is 11.1 Å². The van der Waals surface area contributed by atoms with Gasteiger partial charge < -0.3 is 16.0 Å². The van der Waals surface area contributed by atoms with Gasteiger partial charge in [-0.15, -0.1) is 0 Å². The number of nitrogens with two attached hydrogens (primary N) is 1. The number of rotatable bonds is 9. The van der Waals surface area contributed by atoms with Crippen LogP contribution in [0.2, 0.25) is 0 Å². The molecular weight excluding hydrogens is 450 g/mol. The van der Waals surface area contributed by atoms with Crippen molar-refractivity contribution in [2.24, 2.45) is 12.8 Å². The van der Waals surface area contributed by atoms with E-state index in [1.54, 1.807) is 23.0 Å². The lowest BCUT2D eigenvalue weighted by Gasteiger charge is -2.18. The maximum Gasteiger partial charge on any atom is 0.248 e. The fourth-order valence-corrected chi connectivity index (χ4v) is 4.44. The number of aryl methyl sites for hydroxylation is 1. The van der Waals surface area contributed by atoms with Crippen molar-refractivity contribution in [1.82, 2.24) is 20.1 Å². The number of amides is 1. The van der Waals surface area contributed by atoms with Crippen molar-refractivity contribution < 1.29 is 9.59 Å². The summed E-state index contributed by atoms with van der Waals surface area (Å²) in [6.45, 7) is 0.592. The smallest absolute Gasteiger partial charge is 0.248 e. The molecule has 0 aliphatic heterocycles. The van der Waals surface area contributed by atoms with E-state index in [2.05, 4.69) is 15.4 Å². The van der Waals surface area contributed by atoms with Crippen molar-refractivity contribution in [3.63, 3.8) is 0 Å². The van der Waals surface area contributed by atoms with Crippen LogP contribution in [-0.2, 0) is 13.5 Å². The third-order valence-electron chi connectivity index (χ3n) is 6.38. The largest absolute Gasteiger partial charge is 0.366 e. The van der Waals surface area contributed by atoms with E-state index in [0.29, 0.717) is 24.1 Å². The van der Waals surface area contributed by atoms with Crippen molar-refractivity contribution in [3.05, 3.63) is 114 Å². The second-order valence-electron chi connectivity index (χ2n) is 8.84. The molecule has 0 fully saturated rings. The molecule has 4 N–H and O–H groups in total. The summed E-state index contributed by atoms with van der Waals surface area (Å²) in [4.78, 5) is 28.4. The van der Waals surface area contributed by atoms with E-state index < -0.39 is 11.9 Å². The molecule has 2 aromatic heterocycles. The topological polar surface area (TPSA) is 106 Å². The van der Waals surface area contributed by atoms with Crippen LogP contribution in [0.4, 0.5) is 0 Å². The summed E-state index contributed by atoms with van der Waals surface area (Å²) in [7, 11) is 1.89. The van der Waals surface area contributed by atoms with Gasteiger partial charge in [0.1, 0.15) is 0 Å². The average Bonchev–Trinajstić information content (AvgIpc) is 3.53. The van der Waals surface area contributed by atoms with Crippen LogP contribution < -0.4 is 11.1 Å². The van der Waals surface area contributed by atoms with Gasteiger partial charge in [0.15, 0.2) is 5.78 Å². The van der Waals surface area contributed by atoms with Crippen LogP contribution >= 0.6 is 0 Å². The molecule has 0 radical (unpaired) electrons.